The highest BCUT2D eigenvalue weighted by molar-refractivity contribution is 7.92. The van der Waals surface area contributed by atoms with Gasteiger partial charge in [-0.3, -0.25) is 13.9 Å². The first-order valence-electron chi connectivity index (χ1n) is 12.3. The van der Waals surface area contributed by atoms with Gasteiger partial charge in [0.1, 0.15) is 18.3 Å². The van der Waals surface area contributed by atoms with E-state index in [4.69, 9.17) is 16.3 Å². The maximum Gasteiger partial charge on any atom is 0.264 e. The normalized spacial score (nSPS) is 11.9. The largest absolute Gasteiger partial charge is 0.494 e. The van der Waals surface area contributed by atoms with E-state index in [0.29, 0.717) is 29.5 Å². The first-order valence-corrected chi connectivity index (χ1v) is 14.1. The van der Waals surface area contributed by atoms with Crippen molar-refractivity contribution in [3.63, 3.8) is 0 Å². The number of nitrogens with zero attached hydrogens (tertiary/aromatic N) is 2. The Kier molecular flexibility index (Phi) is 10.2. The first-order chi connectivity index (χ1) is 18.2. The summed E-state index contributed by atoms with van der Waals surface area (Å²) in [4.78, 5) is 28.0. The van der Waals surface area contributed by atoms with E-state index in [1.54, 1.807) is 73.7 Å². The van der Waals surface area contributed by atoms with Gasteiger partial charge < -0.3 is 15.0 Å². The second kappa shape index (κ2) is 13.3. The van der Waals surface area contributed by atoms with Crippen LogP contribution in [0, 0.1) is 0 Å². The Hall–Kier alpha value is -3.56. The molecule has 3 aromatic carbocycles. The number of halogens is 1. The molecular formula is C28H32ClN3O5S. The fraction of sp³-hybridized carbons (Fsp3) is 0.286. The lowest BCUT2D eigenvalue weighted by Gasteiger charge is -2.33. The van der Waals surface area contributed by atoms with E-state index in [-0.39, 0.29) is 17.3 Å². The Labute approximate surface area is 229 Å². The quantitative estimate of drug-likeness (QED) is 0.354. The molecule has 2 amide bonds. The van der Waals surface area contributed by atoms with Crippen LogP contribution in [0.3, 0.4) is 0 Å². The predicted octanol–water partition coefficient (Wildman–Crippen LogP) is 4.49. The zero-order valence-electron chi connectivity index (χ0n) is 21.6. The summed E-state index contributed by atoms with van der Waals surface area (Å²) in [5.74, 6) is -0.316. The molecule has 0 spiro atoms. The number of ether oxygens (including phenoxy) is 1. The van der Waals surface area contributed by atoms with Crippen LogP contribution in [0.4, 0.5) is 5.69 Å². The van der Waals surface area contributed by atoms with Gasteiger partial charge in [-0.2, -0.15) is 0 Å². The van der Waals surface area contributed by atoms with Gasteiger partial charge in [-0.1, -0.05) is 48.9 Å². The molecule has 10 heteroatoms. The Morgan fingerprint density at radius 1 is 0.947 bits per heavy atom. The topological polar surface area (TPSA) is 96.0 Å². The fourth-order valence-corrected chi connectivity index (χ4v) is 5.54. The molecule has 1 unspecified atom stereocenters. The van der Waals surface area contributed by atoms with Crippen molar-refractivity contribution in [1.82, 2.24) is 10.2 Å². The van der Waals surface area contributed by atoms with Crippen LogP contribution in [0.25, 0.3) is 0 Å². The van der Waals surface area contributed by atoms with Crippen molar-refractivity contribution in [2.45, 2.75) is 37.8 Å². The van der Waals surface area contributed by atoms with Crippen molar-refractivity contribution in [2.75, 3.05) is 24.5 Å². The van der Waals surface area contributed by atoms with Gasteiger partial charge in [-0.15, -0.1) is 0 Å². The molecule has 0 saturated heterocycles. The fourth-order valence-electron chi connectivity index (χ4n) is 4.00. The van der Waals surface area contributed by atoms with Gasteiger partial charge in [0.05, 0.1) is 17.2 Å². The standard InChI is InChI=1S/C28H32ClN3O5S/c1-4-26(28(34)30-3)31(19-21-11-13-22(29)14-12-21)27(33)20-32(23-9-7-6-8-10-23)38(35,36)25-17-15-24(16-18-25)37-5-2/h6-18,26H,4-5,19-20H2,1-3H3,(H,30,34). The van der Waals surface area contributed by atoms with Gasteiger partial charge in [0.25, 0.3) is 10.0 Å². The van der Waals surface area contributed by atoms with Gasteiger partial charge in [-0.05, 0) is 67.4 Å². The Balaban J connectivity index is 2.01. The number of para-hydroxylation sites is 1. The third-order valence-electron chi connectivity index (χ3n) is 5.94. The molecule has 0 saturated carbocycles. The van der Waals surface area contributed by atoms with Crippen molar-refractivity contribution >= 4 is 39.1 Å². The summed E-state index contributed by atoms with van der Waals surface area (Å²) in [6, 6.07) is 20.6. The van der Waals surface area contributed by atoms with Crippen LogP contribution in [0.2, 0.25) is 5.02 Å². The number of carbonyl (C=O) groups excluding carboxylic acids is 2. The van der Waals surface area contributed by atoms with Gasteiger partial charge >= 0.3 is 0 Å². The molecular weight excluding hydrogens is 526 g/mol. The molecule has 0 bridgehead atoms. The Morgan fingerprint density at radius 2 is 1.58 bits per heavy atom. The van der Waals surface area contributed by atoms with E-state index in [1.165, 1.54) is 24.1 Å². The third kappa shape index (κ3) is 7.05. The summed E-state index contributed by atoms with van der Waals surface area (Å²) in [7, 11) is -2.64. The molecule has 3 rings (SSSR count). The van der Waals surface area contributed by atoms with Crippen LogP contribution < -0.4 is 14.4 Å². The summed E-state index contributed by atoms with van der Waals surface area (Å²) < 4.78 is 34.1. The van der Waals surface area contributed by atoms with Gasteiger partial charge in [0, 0.05) is 18.6 Å². The molecule has 0 aliphatic carbocycles. The third-order valence-corrected chi connectivity index (χ3v) is 7.98. The van der Waals surface area contributed by atoms with Gasteiger partial charge in [-0.25, -0.2) is 8.42 Å². The number of carbonyl (C=O) groups is 2. The number of likely N-dealkylation sites (N-methyl/N-ethyl adjacent to an activating group) is 1. The summed E-state index contributed by atoms with van der Waals surface area (Å²) in [5, 5.41) is 3.15. The average Bonchev–Trinajstić information content (AvgIpc) is 2.93. The number of benzene rings is 3. The number of hydrogen-bond donors (Lipinski definition) is 1. The molecule has 0 aliphatic heterocycles. The zero-order chi connectivity index (χ0) is 27.7. The van der Waals surface area contributed by atoms with Gasteiger partial charge in [0.2, 0.25) is 11.8 Å². The molecule has 202 valence electrons. The van der Waals surface area contributed by atoms with E-state index in [2.05, 4.69) is 5.32 Å². The number of hydrogen-bond acceptors (Lipinski definition) is 5. The molecule has 0 radical (unpaired) electrons. The molecule has 0 fully saturated rings. The van der Waals surface area contributed by atoms with Crippen LogP contribution in [-0.4, -0.2) is 51.4 Å². The van der Waals surface area contributed by atoms with Crippen molar-refractivity contribution in [1.29, 1.82) is 0 Å². The summed E-state index contributed by atoms with van der Waals surface area (Å²) >= 11 is 6.02. The van der Waals surface area contributed by atoms with Crippen molar-refractivity contribution in [3.8, 4) is 5.75 Å². The lowest BCUT2D eigenvalue weighted by Crippen LogP contribution is -2.51. The minimum Gasteiger partial charge on any atom is -0.494 e. The van der Waals surface area contributed by atoms with Crippen molar-refractivity contribution in [3.05, 3.63) is 89.4 Å². The van der Waals surface area contributed by atoms with E-state index in [1.807, 2.05) is 6.92 Å². The highest BCUT2D eigenvalue weighted by Gasteiger charge is 2.33. The molecule has 0 heterocycles. The second-order valence-corrected chi connectivity index (χ2v) is 10.7. The lowest BCUT2D eigenvalue weighted by atomic mass is 10.1. The van der Waals surface area contributed by atoms with E-state index < -0.39 is 28.5 Å². The van der Waals surface area contributed by atoms with Gasteiger partial charge in [0.15, 0.2) is 0 Å². The SMILES string of the molecule is CCOc1ccc(S(=O)(=O)N(CC(=O)N(Cc2ccc(Cl)cc2)C(CC)C(=O)NC)c2ccccc2)cc1. The van der Waals surface area contributed by atoms with Crippen LogP contribution in [-0.2, 0) is 26.2 Å². The monoisotopic (exact) mass is 557 g/mol. The maximum atomic E-state index is 13.8. The maximum absolute atomic E-state index is 13.8. The summed E-state index contributed by atoms with van der Waals surface area (Å²) in [5.41, 5.74) is 1.08. The minimum absolute atomic E-state index is 0.0141. The van der Waals surface area contributed by atoms with Crippen molar-refractivity contribution < 1.29 is 22.7 Å². The van der Waals surface area contributed by atoms with Crippen molar-refractivity contribution in [2.24, 2.45) is 0 Å². The Morgan fingerprint density at radius 3 is 2.13 bits per heavy atom. The van der Waals surface area contributed by atoms with E-state index in [9.17, 15) is 18.0 Å². The number of nitrogens with one attached hydrogen (secondary N) is 1. The highest BCUT2D eigenvalue weighted by Crippen LogP contribution is 2.26. The molecule has 1 N–H and O–H groups in total. The summed E-state index contributed by atoms with van der Waals surface area (Å²) in [6.07, 6.45) is 0.343. The van der Waals surface area contributed by atoms with Crippen LogP contribution >= 0.6 is 11.6 Å². The first kappa shape index (κ1) is 29.0. The zero-order valence-corrected chi connectivity index (χ0v) is 23.2. The second-order valence-electron chi connectivity index (χ2n) is 8.44. The summed E-state index contributed by atoms with van der Waals surface area (Å²) in [6.45, 7) is 3.69. The molecule has 3 aromatic rings. The number of rotatable bonds is 12. The Bertz CT molecular complexity index is 1320. The number of anilines is 1. The molecule has 38 heavy (non-hydrogen) atoms. The highest BCUT2D eigenvalue weighted by atomic mass is 35.5. The van der Waals surface area contributed by atoms with Crippen LogP contribution in [0.1, 0.15) is 25.8 Å². The predicted molar refractivity (Wildman–Crippen MR) is 149 cm³/mol. The smallest absolute Gasteiger partial charge is 0.264 e. The molecule has 0 aromatic heterocycles. The molecule has 8 nitrogen and oxygen atoms in total. The van der Waals surface area contributed by atoms with E-state index >= 15 is 0 Å². The van der Waals surface area contributed by atoms with Crippen LogP contribution in [0.15, 0.2) is 83.8 Å². The minimum atomic E-state index is -4.14. The molecule has 1 atom stereocenters. The number of amides is 2. The number of sulfonamides is 1. The van der Waals surface area contributed by atoms with Crippen LogP contribution in [0.5, 0.6) is 5.75 Å². The lowest BCUT2D eigenvalue weighted by molar-refractivity contribution is -0.140. The average molecular weight is 558 g/mol. The van der Waals surface area contributed by atoms with E-state index in [0.717, 1.165) is 9.87 Å². The molecule has 0 aliphatic rings.